The molecule has 0 aliphatic carbocycles. The minimum Gasteiger partial charge on any atom is -0.460 e. The minimum atomic E-state index is -0.420. The third-order valence-electron chi connectivity index (χ3n) is 2.80. The Bertz CT molecular complexity index is 534. The van der Waals surface area contributed by atoms with E-state index in [1.54, 1.807) is 0 Å². The van der Waals surface area contributed by atoms with Crippen LogP contribution < -0.4 is 0 Å². The van der Waals surface area contributed by atoms with Crippen LogP contribution in [0.3, 0.4) is 0 Å². The molecular formula is C16H15BrO2. The van der Waals surface area contributed by atoms with Crippen LogP contribution in [0.25, 0.3) is 0 Å². The summed E-state index contributed by atoms with van der Waals surface area (Å²) in [5.74, 6) is -0.271. The molecule has 0 N–H and O–H groups in total. The molecule has 0 bridgehead atoms. The Morgan fingerprint density at radius 3 is 2.37 bits per heavy atom. The third-order valence-corrected chi connectivity index (χ3v) is 3.70. The van der Waals surface area contributed by atoms with Crippen molar-refractivity contribution in [3.8, 4) is 0 Å². The number of carbonyl (C=O) groups is 1. The summed E-state index contributed by atoms with van der Waals surface area (Å²) in [4.78, 5) is 11.5. The average molecular weight is 319 g/mol. The standard InChI is InChI=1S/C16H15BrO2/c1-12-7-9-14(10-8-12)15(17)16(18)19-11-13-5-3-2-4-6-13/h2-10,15H,11H2,1H3. The molecule has 0 aromatic heterocycles. The largest absolute Gasteiger partial charge is 0.460 e. The van der Waals surface area contributed by atoms with Gasteiger partial charge in [0, 0.05) is 0 Å². The van der Waals surface area contributed by atoms with Crippen LogP contribution in [0.2, 0.25) is 0 Å². The van der Waals surface area contributed by atoms with Crippen LogP contribution in [-0.4, -0.2) is 5.97 Å². The minimum absolute atomic E-state index is 0.271. The molecule has 0 aliphatic heterocycles. The van der Waals surface area contributed by atoms with Crippen molar-refractivity contribution in [2.75, 3.05) is 0 Å². The van der Waals surface area contributed by atoms with Crippen LogP contribution in [0.15, 0.2) is 54.6 Å². The molecule has 2 rings (SSSR count). The van der Waals surface area contributed by atoms with Gasteiger partial charge in [0.15, 0.2) is 0 Å². The van der Waals surface area contributed by atoms with Gasteiger partial charge in [-0.15, -0.1) is 0 Å². The Morgan fingerprint density at radius 1 is 1.11 bits per heavy atom. The molecule has 1 unspecified atom stereocenters. The molecule has 3 heteroatoms. The highest BCUT2D eigenvalue weighted by molar-refractivity contribution is 9.09. The zero-order valence-corrected chi connectivity index (χ0v) is 12.3. The number of ether oxygens (including phenoxy) is 1. The fraction of sp³-hybridized carbons (Fsp3) is 0.188. The van der Waals surface area contributed by atoms with Crippen molar-refractivity contribution in [2.45, 2.75) is 18.4 Å². The van der Waals surface area contributed by atoms with Crippen molar-refractivity contribution in [3.63, 3.8) is 0 Å². The van der Waals surface area contributed by atoms with E-state index in [-0.39, 0.29) is 5.97 Å². The predicted octanol–water partition coefficient (Wildman–Crippen LogP) is 4.17. The predicted molar refractivity (Wildman–Crippen MR) is 79.1 cm³/mol. The van der Waals surface area contributed by atoms with Crippen LogP contribution in [0.1, 0.15) is 21.5 Å². The van der Waals surface area contributed by atoms with Gasteiger partial charge in [0.1, 0.15) is 11.4 Å². The molecule has 0 aliphatic rings. The first kappa shape index (κ1) is 13.8. The van der Waals surface area contributed by atoms with Gasteiger partial charge in [-0.2, -0.15) is 0 Å². The summed E-state index contributed by atoms with van der Waals surface area (Å²) in [6.45, 7) is 2.31. The maximum atomic E-state index is 11.9. The number of halogens is 1. The summed E-state index contributed by atoms with van der Waals surface area (Å²) in [7, 11) is 0. The fourth-order valence-corrected chi connectivity index (χ4v) is 2.11. The van der Waals surface area contributed by atoms with E-state index >= 15 is 0 Å². The normalized spacial score (nSPS) is 11.9. The first-order chi connectivity index (χ1) is 9.16. The molecule has 0 fully saturated rings. The Balaban J connectivity index is 1.94. The first-order valence-electron chi connectivity index (χ1n) is 6.08. The van der Waals surface area contributed by atoms with E-state index in [9.17, 15) is 4.79 Å². The van der Waals surface area contributed by atoms with E-state index < -0.39 is 4.83 Å². The molecule has 0 radical (unpaired) electrons. The average Bonchev–Trinajstić information content (AvgIpc) is 2.46. The van der Waals surface area contributed by atoms with Crippen LogP contribution in [0, 0.1) is 6.92 Å². The zero-order valence-electron chi connectivity index (χ0n) is 10.7. The van der Waals surface area contributed by atoms with Crippen LogP contribution >= 0.6 is 15.9 Å². The number of alkyl halides is 1. The van der Waals surface area contributed by atoms with Gasteiger partial charge in [0.2, 0.25) is 0 Å². The lowest BCUT2D eigenvalue weighted by molar-refractivity contribution is -0.144. The van der Waals surface area contributed by atoms with Gasteiger partial charge >= 0.3 is 5.97 Å². The highest BCUT2D eigenvalue weighted by atomic mass is 79.9. The second kappa shape index (κ2) is 6.53. The Kier molecular flexibility index (Phi) is 4.74. The van der Waals surface area contributed by atoms with Crippen molar-refractivity contribution in [2.24, 2.45) is 0 Å². The summed E-state index contributed by atoms with van der Waals surface area (Å²) in [5, 5.41) is 0. The molecule has 0 heterocycles. The number of hydrogen-bond acceptors (Lipinski definition) is 2. The molecule has 19 heavy (non-hydrogen) atoms. The second-order valence-electron chi connectivity index (χ2n) is 4.37. The SMILES string of the molecule is Cc1ccc(C(Br)C(=O)OCc2ccccc2)cc1. The molecule has 0 saturated heterocycles. The van der Waals surface area contributed by atoms with Gasteiger partial charge in [-0.05, 0) is 18.1 Å². The van der Waals surface area contributed by atoms with E-state index in [4.69, 9.17) is 4.74 Å². The highest BCUT2D eigenvalue weighted by Gasteiger charge is 2.18. The molecule has 98 valence electrons. The van der Waals surface area contributed by atoms with Gasteiger partial charge in [-0.1, -0.05) is 76.1 Å². The number of rotatable bonds is 4. The van der Waals surface area contributed by atoms with Gasteiger partial charge in [-0.25, -0.2) is 0 Å². The topological polar surface area (TPSA) is 26.3 Å². The lowest BCUT2D eigenvalue weighted by atomic mass is 10.1. The molecule has 2 aromatic rings. The Morgan fingerprint density at radius 2 is 1.74 bits per heavy atom. The number of benzene rings is 2. The molecule has 1 atom stereocenters. The van der Waals surface area contributed by atoms with E-state index in [2.05, 4.69) is 15.9 Å². The lowest BCUT2D eigenvalue weighted by Crippen LogP contribution is -2.10. The number of carbonyl (C=O) groups excluding carboxylic acids is 1. The van der Waals surface area contributed by atoms with E-state index in [0.29, 0.717) is 6.61 Å². The molecule has 2 nitrogen and oxygen atoms in total. The molecular weight excluding hydrogens is 304 g/mol. The molecule has 0 saturated carbocycles. The monoisotopic (exact) mass is 318 g/mol. The van der Waals surface area contributed by atoms with Gasteiger partial charge in [0.05, 0.1) is 0 Å². The quantitative estimate of drug-likeness (QED) is 0.624. The Labute approximate surface area is 121 Å². The van der Waals surface area contributed by atoms with Crippen molar-refractivity contribution in [3.05, 3.63) is 71.3 Å². The van der Waals surface area contributed by atoms with Crippen LogP contribution in [0.5, 0.6) is 0 Å². The maximum Gasteiger partial charge on any atom is 0.324 e. The summed E-state index contributed by atoms with van der Waals surface area (Å²) in [6, 6.07) is 17.5. The van der Waals surface area contributed by atoms with Gasteiger partial charge < -0.3 is 4.74 Å². The van der Waals surface area contributed by atoms with Crippen LogP contribution in [-0.2, 0) is 16.1 Å². The van der Waals surface area contributed by atoms with Crippen molar-refractivity contribution in [1.29, 1.82) is 0 Å². The number of esters is 1. The third kappa shape index (κ3) is 3.93. The summed E-state index contributed by atoms with van der Waals surface area (Å²) in [5.41, 5.74) is 3.06. The summed E-state index contributed by atoms with van der Waals surface area (Å²) < 4.78 is 5.29. The zero-order chi connectivity index (χ0) is 13.7. The van der Waals surface area contributed by atoms with Crippen molar-refractivity contribution >= 4 is 21.9 Å². The highest BCUT2D eigenvalue weighted by Crippen LogP contribution is 2.24. The summed E-state index contributed by atoms with van der Waals surface area (Å²) in [6.07, 6.45) is 0. The second-order valence-corrected chi connectivity index (χ2v) is 5.28. The van der Waals surface area contributed by atoms with Crippen LogP contribution in [0.4, 0.5) is 0 Å². The van der Waals surface area contributed by atoms with Gasteiger partial charge in [-0.3, -0.25) is 4.79 Å². The summed E-state index contributed by atoms with van der Waals surface area (Å²) >= 11 is 3.37. The molecule has 0 amide bonds. The maximum absolute atomic E-state index is 11.9. The number of hydrogen-bond donors (Lipinski definition) is 0. The Hall–Kier alpha value is -1.61. The first-order valence-corrected chi connectivity index (χ1v) is 6.99. The smallest absolute Gasteiger partial charge is 0.324 e. The van der Waals surface area contributed by atoms with Gasteiger partial charge in [0.25, 0.3) is 0 Å². The van der Waals surface area contributed by atoms with E-state index in [1.165, 1.54) is 5.56 Å². The van der Waals surface area contributed by atoms with E-state index in [0.717, 1.165) is 11.1 Å². The molecule has 2 aromatic carbocycles. The molecule has 0 spiro atoms. The van der Waals surface area contributed by atoms with E-state index in [1.807, 2.05) is 61.5 Å². The number of aryl methyl sites for hydroxylation is 1. The fourth-order valence-electron chi connectivity index (χ4n) is 1.67. The van der Waals surface area contributed by atoms with Crippen molar-refractivity contribution < 1.29 is 9.53 Å². The van der Waals surface area contributed by atoms with Crippen molar-refractivity contribution in [1.82, 2.24) is 0 Å². The lowest BCUT2D eigenvalue weighted by Gasteiger charge is -2.10.